The van der Waals surface area contributed by atoms with Crippen molar-refractivity contribution in [2.75, 3.05) is 32.7 Å². The summed E-state index contributed by atoms with van der Waals surface area (Å²) in [5.41, 5.74) is 3.69. The molecule has 0 N–H and O–H groups in total. The highest BCUT2D eigenvalue weighted by Gasteiger charge is 2.42. The van der Waals surface area contributed by atoms with Crippen molar-refractivity contribution in [3.63, 3.8) is 0 Å². The van der Waals surface area contributed by atoms with Crippen LogP contribution in [0.1, 0.15) is 62.0 Å². The number of carbonyl (C=O) groups is 1. The van der Waals surface area contributed by atoms with Gasteiger partial charge in [0.1, 0.15) is 0 Å². The summed E-state index contributed by atoms with van der Waals surface area (Å²) in [5, 5.41) is 6.54. The van der Waals surface area contributed by atoms with Crippen molar-refractivity contribution in [3.05, 3.63) is 68.8 Å². The Morgan fingerprint density at radius 3 is 2.33 bits per heavy atom. The lowest BCUT2D eigenvalue weighted by atomic mass is 9.59. The number of rotatable bonds is 6. The summed E-state index contributed by atoms with van der Waals surface area (Å²) in [6, 6.07) is 12.9. The topological polar surface area (TPSA) is 41.4 Å². The molecule has 3 aromatic rings. The highest BCUT2D eigenvalue weighted by molar-refractivity contribution is 6.35. The molecule has 1 amide bonds. The predicted molar refractivity (Wildman–Crippen MR) is 173 cm³/mol. The molecule has 8 heteroatoms. The fourth-order valence-electron chi connectivity index (χ4n) is 8.15. The third-order valence-electron chi connectivity index (χ3n) is 10.2. The summed E-state index contributed by atoms with van der Waals surface area (Å²) in [6.07, 6.45) is 6.96. The standard InChI is InChI=1S/C34H41Cl3N4O/c1-4-24-17-23-15-21(2)16-26(18-23)29(24)20-39-11-13-40(14-12-39)34(42)32-22(3)33(25-5-7-27(35)8-6-25)41(38-32)31-10-9-28(36)19-30(31)37/h5-10,19,21,23-24,26,29H,4,11-18,20H2,1-3H3. The molecule has 224 valence electrons. The number of fused-ring (bicyclic) bond motifs is 2. The Morgan fingerprint density at radius 1 is 0.929 bits per heavy atom. The van der Waals surface area contributed by atoms with Gasteiger partial charge in [-0.15, -0.1) is 0 Å². The van der Waals surface area contributed by atoms with Gasteiger partial charge >= 0.3 is 0 Å². The zero-order valence-corrected chi connectivity index (χ0v) is 27.1. The predicted octanol–water partition coefficient (Wildman–Crippen LogP) is 8.66. The van der Waals surface area contributed by atoms with E-state index in [1.165, 1.54) is 38.6 Å². The van der Waals surface area contributed by atoms with Gasteiger partial charge in [-0.3, -0.25) is 9.69 Å². The summed E-state index contributed by atoms with van der Waals surface area (Å²) < 4.78 is 1.77. The monoisotopic (exact) mass is 626 g/mol. The van der Waals surface area contributed by atoms with Crippen molar-refractivity contribution in [1.29, 1.82) is 0 Å². The molecule has 1 saturated heterocycles. The van der Waals surface area contributed by atoms with Crippen LogP contribution in [0.2, 0.25) is 15.1 Å². The highest BCUT2D eigenvalue weighted by atomic mass is 35.5. The number of hydrogen-bond donors (Lipinski definition) is 0. The molecule has 6 rings (SSSR count). The summed E-state index contributed by atoms with van der Waals surface area (Å²) in [6.45, 7) is 11.2. The van der Waals surface area contributed by atoms with E-state index in [1.54, 1.807) is 16.8 Å². The van der Waals surface area contributed by atoms with E-state index in [2.05, 4.69) is 18.7 Å². The van der Waals surface area contributed by atoms with Crippen molar-refractivity contribution in [2.24, 2.45) is 29.6 Å². The molecule has 5 atom stereocenters. The molecule has 3 fully saturated rings. The van der Waals surface area contributed by atoms with Crippen LogP contribution in [0, 0.1) is 36.5 Å². The number of hydrogen-bond acceptors (Lipinski definition) is 3. The fourth-order valence-corrected chi connectivity index (χ4v) is 8.77. The summed E-state index contributed by atoms with van der Waals surface area (Å²) in [4.78, 5) is 18.6. The van der Waals surface area contributed by atoms with E-state index in [9.17, 15) is 4.79 Å². The first-order valence-electron chi connectivity index (χ1n) is 15.5. The zero-order chi connectivity index (χ0) is 29.5. The Labute approximate surface area is 265 Å². The minimum absolute atomic E-state index is 0.0285. The maximum atomic E-state index is 14.0. The minimum atomic E-state index is -0.0285. The molecule has 2 aliphatic carbocycles. The van der Waals surface area contributed by atoms with Gasteiger partial charge in [-0.25, -0.2) is 4.68 Å². The van der Waals surface area contributed by atoms with Gasteiger partial charge in [0.15, 0.2) is 5.69 Å². The van der Waals surface area contributed by atoms with Crippen molar-refractivity contribution in [2.45, 2.75) is 52.9 Å². The Bertz CT molecular complexity index is 1430. The lowest BCUT2D eigenvalue weighted by Crippen LogP contribution is -2.52. The van der Waals surface area contributed by atoms with Gasteiger partial charge in [0.2, 0.25) is 0 Å². The molecule has 2 saturated carbocycles. The zero-order valence-electron chi connectivity index (χ0n) is 24.8. The number of halogens is 3. The molecule has 1 aliphatic heterocycles. The second-order valence-electron chi connectivity index (χ2n) is 12.9. The SMILES string of the molecule is CCC1CC2CC(C)CC(C2)C1CN1CCN(C(=O)c2nn(-c3ccc(Cl)cc3Cl)c(-c3ccc(Cl)cc3)c2C)CC1. The number of benzene rings is 2. The lowest BCUT2D eigenvalue weighted by Gasteiger charge is -2.49. The first kappa shape index (κ1) is 30.0. The van der Waals surface area contributed by atoms with E-state index >= 15 is 0 Å². The van der Waals surface area contributed by atoms with E-state index in [1.807, 2.05) is 42.2 Å². The smallest absolute Gasteiger partial charge is 0.274 e. The van der Waals surface area contributed by atoms with Crippen molar-refractivity contribution in [1.82, 2.24) is 19.6 Å². The Balaban J connectivity index is 1.21. The van der Waals surface area contributed by atoms with E-state index < -0.39 is 0 Å². The van der Waals surface area contributed by atoms with Crippen LogP contribution in [0.15, 0.2) is 42.5 Å². The Morgan fingerprint density at radius 2 is 1.64 bits per heavy atom. The molecule has 0 spiro atoms. The van der Waals surface area contributed by atoms with Gasteiger partial charge in [0, 0.05) is 53.9 Å². The molecule has 5 unspecified atom stereocenters. The average Bonchev–Trinajstić information content (AvgIpc) is 3.31. The molecule has 3 aliphatic rings. The normalized spacial score (nSPS) is 26.4. The van der Waals surface area contributed by atoms with Crippen LogP contribution in [-0.4, -0.2) is 58.2 Å². The number of piperazine rings is 1. The van der Waals surface area contributed by atoms with E-state index in [4.69, 9.17) is 39.9 Å². The lowest BCUT2D eigenvalue weighted by molar-refractivity contribution is 0.00653. The third kappa shape index (κ3) is 6.00. The van der Waals surface area contributed by atoms with E-state index in [0.29, 0.717) is 26.4 Å². The second kappa shape index (κ2) is 12.5. The molecule has 2 bridgehead atoms. The van der Waals surface area contributed by atoms with Crippen LogP contribution in [0.5, 0.6) is 0 Å². The van der Waals surface area contributed by atoms with Crippen molar-refractivity contribution < 1.29 is 4.79 Å². The highest BCUT2D eigenvalue weighted by Crippen LogP contribution is 2.49. The Hall–Kier alpha value is -2.05. The summed E-state index contributed by atoms with van der Waals surface area (Å²) >= 11 is 19.0. The third-order valence-corrected chi connectivity index (χ3v) is 10.9. The van der Waals surface area contributed by atoms with Gasteiger partial charge in [-0.1, -0.05) is 67.2 Å². The number of nitrogens with zero attached hydrogens (tertiary/aromatic N) is 4. The van der Waals surface area contributed by atoms with Crippen molar-refractivity contribution >= 4 is 40.7 Å². The van der Waals surface area contributed by atoms with Crippen LogP contribution in [0.25, 0.3) is 16.9 Å². The van der Waals surface area contributed by atoms with Gasteiger partial charge in [0.05, 0.1) is 16.4 Å². The van der Waals surface area contributed by atoms with Gasteiger partial charge in [-0.05, 0) is 92.5 Å². The number of amides is 1. The minimum Gasteiger partial charge on any atom is -0.335 e. The molecule has 2 heterocycles. The molecule has 42 heavy (non-hydrogen) atoms. The summed E-state index contributed by atoms with van der Waals surface area (Å²) in [7, 11) is 0. The van der Waals surface area contributed by atoms with Crippen LogP contribution < -0.4 is 0 Å². The molecule has 0 radical (unpaired) electrons. The first-order valence-corrected chi connectivity index (χ1v) is 16.7. The van der Waals surface area contributed by atoms with Crippen LogP contribution in [0.4, 0.5) is 0 Å². The Kier molecular flexibility index (Phi) is 8.94. The van der Waals surface area contributed by atoms with Crippen molar-refractivity contribution in [3.8, 4) is 16.9 Å². The molecule has 2 aromatic carbocycles. The second-order valence-corrected chi connectivity index (χ2v) is 14.2. The van der Waals surface area contributed by atoms with Crippen LogP contribution in [-0.2, 0) is 0 Å². The largest absolute Gasteiger partial charge is 0.335 e. The number of aromatic nitrogens is 2. The first-order chi connectivity index (χ1) is 20.2. The fraction of sp³-hybridized carbons (Fsp3) is 0.529. The molecule has 1 aromatic heterocycles. The maximum absolute atomic E-state index is 14.0. The van der Waals surface area contributed by atoms with Crippen LogP contribution >= 0.6 is 34.8 Å². The van der Waals surface area contributed by atoms with Gasteiger partial charge < -0.3 is 4.90 Å². The molecule has 5 nitrogen and oxygen atoms in total. The van der Waals surface area contributed by atoms with Gasteiger partial charge in [-0.2, -0.15) is 5.10 Å². The molecular weight excluding hydrogens is 587 g/mol. The van der Waals surface area contributed by atoms with Gasteiger partial charge in [0.25, 0.3) is 5.91 Å². The quantitative estimate of drug-likeness (QED) is 0.275. The number of carbonyl (C=O) groups excluding carboxylic acids is 1. The summed E-state index contributed by atoms with van der Waals surface area (Å²) in [5.74, 6) is 4.29. The average molecular weight is 628 g/mol. The van der Waals surface area contributed by atoms with E-state index in [0.717, 1.165) is 72.6 Å². The molecular formula is C34H41Cl3N4O. The maximum Gasteiger partial charge on any atom is 0.274 e. The van der Waals surface area contributed by atoms with E-state index in [-0.39, 0.29) is 5.91 Å². The van der Waals surface area contributed by atoms with Crippen LogP contribution in [0.3, 0.4) is 0 Å².